The lowest BCUT2D eigenvalue weighted by Crippen LogP contribution is -2.19. The summed E-state index contributed by atoms with van der Waals surface area (Å²) in [5.41, 5.74) is 1.07. The predicted octanol–water partition coefficient (Wildman–Crippen LogP) is 5.30. The minimum absolute atomic E-state index is 0.257. The average molecular weight is 581 g/mol. The van der Waals surface area contributed by atoms with Gasteiger partial charge >= 0.3 is 5.97 Å². The van der Waals surface area contributed by atoms with E-state index in [1.54, 1.807) is 53.2 Å². The maximum atomic E-state index is 12.8. The number of nitrogens with one attached hydrogen (secondary N) is 1. The number of rotatable bonds is 8. The van der Waals surface area contributed by atoms with E-state index >= 15 is 0 Å². The summed E-state index contributed by atoms with van der Waals surface area (Å²) in [5, 5.41) is 21.8. The number of anilines is 2. The number of hydrogen-bond acceptors (Lipinski definition) is 7. The van der Waals surface area contributed by atoms with Crippen LogP contribution < -0.4 is 15.5 Å². The summed E-state index contributed by atoms with van der Waals surface area (Å²) < 4.78 is 8.45. The molecule has 35 heavy (non-hydrogen) atoms. The summed E-state index contributed by atoms with van der Waals surface area (Å²) in [6.45, 7) is 2.61. The Balaban J connectivity index is 1.68. The van der Waals surface area contributed by atoms with E-state index in [2.05, 4.69) is 21.4 Å². The molecule has 0 aliphatic carbocycles. The average Bonchev–Trinajstić information content (AvgIpc) is 2.85. The van der Waals surface area contributed by atoms with Crippen LogP contribution in [0.1, 0.15) is 35.7 Å². The Bertz CT molecular complexity index is 1510. The number of carboxylic acids is 1. The van der Waals surface area contributed by atoms with E-state index in [0.717, 1.165) is 18.5 Å². The van der Waals surface area contributed by atoms with E-state index in [4.69, 9.17) is 10.00 Å². The second-order valence-electron chi connectivity index (χ2n) is 7.66. The third-order valence-electron chi connectivity index (χ3n) is 5.23. The van der Waals surface area contributed by atoms with Crippen molar-refractivity contribution < 1.29 is 14.6 Å². The Hall–Kier alpha value is -3.98. The van der Waals surface area contributed by atoms with Crippen LogP contribution in [0.2, 0.25) is 0 Å². The monoisotopic (exact) mass is 581 g/mol. The van der Waals surface area contributed by atoms with Gasteiger partial charge in [0.2, 0.25) is 17.3 Å². The molecule has 0 saturated carbocycles. The number of pyridine rings is 1. The molecular formula is C25H20IN5O4. The number of halogens is 1. The van der Waals surface area contributed by atoms with Crippen molar-refractivity contribution in [2.75, 3.05) is 5.32 Å². The van der Waals surface area contributed by atoms with Gasteiger partial charge in [0.1, 0.15) is 11.3 Å². The number of aryl methyl sites for hydroxylation is 1. The van der Waals surface area contributed by atoms with Crippen LogP contribution >= 0.6 is 22.6 Å². The molecular weight excluding hydrogens is 561 g/mol. The van der Waals surface area contributed by atoms with Crippen LogP contribution in [0.4, 0.5) is 11.6 Å². The van der Waals surface area contributed by atoms with Gasteiger partial charge in [-0.05, 0) is 59.3 Å². The highest BCUT2D eigenvalue weighted by molar-refractivity contribution is 14.1. The number of ether oxygens (including phenoxy) is 1. The van der Waals surface area contributed by atoms with E-state index in [1.165, 1.54) is 6.20 Å². The van der Waals surface area contributed by atoms with Crippen molar-refractivity contribution in [2.24, 2.45) is 0 Å². The van der Waals surface area contributed by atoms with Crippen LogP contribution in [0.15, 0.2) is 59.7 Å². The van der Waals surface area contributed by atoms with Crippen molar-refractivity contribution in [3.05, 3.63) is 79.8 Å². The Morgan fingerprint density at radius 2 is 2.03 bits per heavy atom. The molecule has 2 aromatic heterocycles. The number of aromatic carboxylic acids is 1. The number of fused-ring (bicyclic) bond motifs is 1. The molecule has 4 aromatic rings. The van der Waals surface area contributed by atoms with Crippen molar-refractivity contribution in [3.63, 3.8) is 0 Å². The topological polar surface area (TPSA) is 130 Å². The third-order valence-corrected chi connectivity index (χ3v) is 6.07. The number of carbonyl (C=O) groups is 1. The van der Waals surface area contributed by atoms with E-state index in [9.17, 15) is 14.7 Å². The molecule has 0 aliphatic heterocycles. The molecule has 0 aliphatic rings. The van der Waals surface area contributed by atoms with Crippen LogP contribution in [-0.2, 0) is 6.54 Å². The van der Waals surface area contributed by atoms with Crippen LogP contribution in [-0.4, -0.2) is 25.6 Å². The molecule has 0 amide bonds. The van der Waals surface area contributed by atoms with Gasteiger partial charge in [0.05, 0.1) is 20.7 Å². The lowest BCUT2D eigenvalue weighted by Gasteiger charge is -2.15. The highest BCUT2D eigenvalue weighted by Crippen LogP contribution is 2.30. The first kappa shape index (κ1) is 24.2. The minimum Gasteiger partial charge on any atom is -0.477 e. The molecule has 2 heterocycles. The van der Waals surface area contributed by atoms with Gasteiger partial charge in [-0.3, -0.25) is 4.79 Å². The normalized spacial score (nSPS) is 10.7. The molecule has 4 rings (SSSR count). The first-order chi connectivity index (χ1) is 16.9. The fourth-order valence-corrected chi connectivity index (χ4v) is 4.04. The zero-order chi connectivity index (χ0) is 24.9. The van der Waals surface area contributed by atoms with Crippen LogP contribution in [0.5, 0.6) is 11.6 Å². The van der Waals surface area contributed by atoms with E-state index < -0.39 is 11.4 Å². The quantitative estimate of drug-likeness (QED) is 0.268. The molecule has 0 atom stereocenters. The van der Waals surface area contributed by atoms with Crippen LogP contribution in [0.3, 0.4) is 0 Å². The zero-order valence-corrected chi connectivity index (χ0v) is 20.8. The maximum absolute atomic E-state index is 12.8. The lowest BCUT2D eigenvalue weighted by molar-refractivity contribution is 0.0695. The highest BCUT2D eigenvalue weighted by atomic mass is 127. The van der Waals surface area contributed by atoms with Crippen molar-refractivity contribution in [1.82, 2.24) is 14.5 Å². The first-order valence-electron chi connectivity index (χ1n) is 10.8. The molecule has 0 fully saturated rings. The number of benzene rings is 2. The third kappa shape index (κ3) is 5.41. The summed E-state index contributed by atoms with van der Waals surface area (Å²) in [4.78, 5) is 33.0. The second kappa shape index (κ2) is 10.5. The van der Waals surface area contributed by atoms with Gasteiger partial charge in [-0.25, -0.2) is 9.78 Å². The first-order valence-corrected chi connectivity index (χ1v) is 11.9. The Kier molecular flexibility index (Phi) is 7.26. The molecule has 176 valence electrons. The number of nitriles is 1. The Morgan fingerprint density at radius 3 is 2.71 bits per heavy atom. The van der Waals surface area contributed by atoms with Gasteiger partial charge in [-0.2, -0.15) is 10.2 Å². The standard InChI is InChI=1S/C25H20IN5O4/c1-2-3-10-31-14-18(24(33)34)23(32)17-11-19(26)21(12-20(17)31)35-22-8-9-28-25(30-22)29-16-6-4-15(13-27)5-7-16/h4-9,11-12,14H,2-3,10H2,1H3,(H,33,34)(H,28,29,30). The summed E-state index contributed by atoms with van der Waals surface area (Å²) >= 11 is 2.05. The van der Waals surface area contributed by atoms with Crippen LogP contribution in [0, 0.1) is 14.9 Å². The summed E-state index contributed by atoms with van der Waals surface area (Å²) in [7, 11) is 0. The number of nitrogens with zero attached hydrogens (tertiary/aromatic N) is 4. The van der Waals surface area contributed by atoms with Crippen molar-refractivity contribution >= 4 is 51.1 Å². The largest absolute Gasteiger partial charge is 0.477 e. The number of carboxylic acid groups (broad SMARTS) is 1. The molecule has 0 unspecified atom stereocenters. The summed E-state index contributed by atoms with van der Waals surface area (Å²) in [6.07, 6.45) is 4.69. The van der Waals surface area contributed by atoms with Crippen molar-refractivity contribution in [1.29, 1.82) is 5.26 Å². The van der Waals surface area contributed by atoms with Gasteiger partial charge in [-0.15, -0.1) is 0 Å². The Labute approximate surface area is 214 Å². The number of unbranched alkanes of at least 4 members (excludes halogenated alkanes) is 1. The fourth-order valence-electron chi connectivity index (χ4n) is 3.46. The maximum Gasteiger partial charge on any atom is 0.341 e. The molecule has 0 bridgehead atoms. The zero-order valence-electron chi connectivity index (χ0n) is 18.7. The molecule has 2 N–H and O–H groups in total. The lowest BCUT2D eigenvalue weighted by atomic mass is 10.1. The van der Waals surface area contributed by atoms with Crippen molar-refractivity contribution in [2.45, 2.75) is 26.3 Å². The number of aromatic nitrogens is 3. The highest BCUT2D eigenvalue weighted by Gasteiger charge is 2.17. The fraction of sp³-hybridized carbons (Fsp3) is 0.160. The van der Waals surface area contributed by atoms with Crippen LogP contribution in [0.25, 0.3) is 10.9 Å². The smallest absolute Gasteiger partial charge is 0.341 e. The summed E-state index contributed by atoms with van der Waals surface area (Å²) in [5.74, 6) is -0.165. The predicted molar refractivity (Wildman–Crippen MR) is 139 cm³/mol. The SMILES string of the molecule is CCCCn1cc(C(=O)O)c(=O)c2cc(I)c(Oc3ccnc(Nc4ccc(C#N)cc4)n3)cc21. The minimum atomic E-state index is -1.25. The van der Waals surface area contributed by atoms with Gasteiger partial charge < -0.3 is 19.7 Å². The molecule has 0 saturated heterocycles. The van der Waals surface area contributed by atoms with Gasteiger partial charge in [0, 0.05) is 42.1 Å². The van der Waals surface area contributed by atoms with Gasteiger partial charge in [-0.1, -0.05) is 13.3 Å². The van der Waals surface area contributed by atoms with Gasteiger partial charge in [0.25, 0.3) is 0 Å². The number of hydrogen-bond donors (Lipinski definition) is 2. The molecule has 10 heteroatoms. The van der Waals surface area contributed by atoms with Crippen molar-refractivity contribution in [3.8, 4) is 17.7 Å². The Morgan fingerprint density at radius 1 is 1.26 bits per heavy atom. The second-order valence-corrected chi connectivity index (χ2v) is 8.82. The molecule has 0 spiro atoms. The summed E-state index contributed by atoms with van der Waals surface area (Å²) in [6, 6.07) is 13.9. The molecule has 9 nitrogen and oxygen atoms in total. The van der Waals surface area contributed by atoms with E-state index in [-0.39, 0.29) is 11.4 Å². The van der Waals surface area contributed by atoms with Gasteiger partial charge in [0.15, 0.2) is 0 Å². The molecule has 2 aromatic carbocycles. The van der Waals surface area contributed by atoms with E-state index in [1.807, 2.05) is 29.5 Å². The molecule has 0 radical (unpaired) electrons. The van der Waals surface area contributed by atoms with E-state index in [0.29, 0.717) is 38.3 Å².